The molecule has 0 unspecified atom stereocenters. The van der Waals surface area contributed by atoms with Crippen LogP contribution in [0.5, 0.6) is 0 Å². The normalized spacial score (nSPS) is 16.9. The van der Waals surface area contributed by atoms with Crippen molar-refractivity contribution in [1.82, 2.24) is 15.1 Å². The zero-order valence-corrected chi connectivity index (χ0v) is 17.5. The zero-order valence-electron chi connectivity index (χ0n) is 16.7. The number of ether oxygens (including phenoxy) is 1. The number of anilines is 1. The van der Waals surface area contributed by atoms with Crippen molar-refractivity contribution in [3.8, 4) is 0 Å². The van der Waals surface area contributed by atoms with E-state index in [9.17, 15) is 9.59 Å². The molecule has 7 nitrogen and oxygen atoms in total. The van der Waals surface area contributed by atoms with Gasteiger partial charge in [-0.1, -0.05) is 41.2 Å². The monoisotopic (exact) mass is 402 g/mol. The molecule has 0 aliphatic carbocycles. The second kappa shape index (κ2) is 8.26. The minimum atomic E-state index is -0.592. The summed E-state index contributed by atoms with van der Waals surface area (Å²) in [6, 6.07) is 7.70. The number of nitrogens with zero attached hydrogens (tertiary/aromatic N) is 3. The maximum atomic E-state index is 12.7. The van der Waals surface area contributed by atoms with E-state index in [-0.39, 0.29) is 5.91 Å². The third-order valence-corrected chi connectivity index (χ3v) is 5.20. The quantitative estimate of drug-likeness (QED) is 0.841. The average molecular weight is 403 g/mol. The van der Waals surface area contributed by atoms with Crippen LogP contribution in [0.2, 0.25) is 0 Å². The molecule has 1 atom stereocenters. The number of benzene rings is 1. The molecule has 1 aliphatic rings. The minimum absolute atomic E-state index is 0.249. The van der Waals surface area contributed by atoms with Crippen molar-refractivity contribution in [2.75, 3.05) is 11.9 Å². The van der Waals surface area contributed by atoms with Crippen LogP contribution in [0.1, 0.15) is 49.7 Å². The number of nitrogens with one attached hydrogen (secondary N) is 1. The molecule has 0 bridgehead atoms. The van der Waals surface area contributed by atoms with Gasteiger partial charge in [-0.3, -0.25) is 15.0 Å². The standard InChI is InChI=1S/C20H26N4O3S/c1-13-7-9-14(10-8-13)12-16-22-23-18(28-16)21-17(25)15-6-5-11-24(15)19(26)27-20(2,3)4/h7-10,15H,5-6,11-12H2,1-4H3,(H,21,23,25)/t15-/m0/s1. The van der Waals surface area contributed by atoms with Gasteiger partial charge in [0.1, 0.15) is 16.7 Å². The fourth-order valence-electron chi connectivity index (χ4n) is 3.02. The Bertz CT molecular complexity index is 842. The molecule has 150 valence electrons. The molecule has 1 N–H and O–H groups in total. The molecule has 2 amide bonds. The molecule has 1 fully saturated rings. The number of hydrogen-bond donors (Lipinski definition) is 1. The summed E-state index contributed by atoms with van der Waals surface area (Å²) in [6.45, 7) is 8.00. The highest BCUT2D eigenvalue weighted by Gasteiger charge is 2.36. The van der Waals surface area contributed by atoms with Gasteiger partial charge in [0.25, 0.3) is 0 Å². The topological polar surface area (TPSA) is 84.4 Å². The molecule has 2 heterocycles. The van der Waals surface area contributed by atoms with Crippen LogP contribution in [0.4, 0.5) is 9.93 Å². The van der Waals surface area contributed by atoms with Gasteiger partial charge in [-0.25, -0.2) is 4.79 Å². The van der Waals surface area contributed by atoms with E-state index in [1.807, 2.05) is 27.7 Å². The number of likely N-dealkylation sites (tertiary alicyclic amines) is 1. The van der Waals surface area contributed by atoms with E-state index in [1.165, 1.54) is 21.8 Å². The van der Waals surface area contributed by atoms with Crippen LogP contribution < -0.4 is 5.32 Å². The smallest absolute Gasteiger partial charge is 0.410 e. The van der Waals surface area contributed by atoms with Gasteiger partial charge in [0.15, 0.2) is 0 Å². The molecule has 1 aliphatic heterocycles. The molecule has 28 heavy (non-hydrogen) atoms. The highest BCUT2D eigenvalue weighted by Crippen LogP contribution is 2.24. The summed E-state index contributed by atoms with van der Waals surface area (Å²) in [5, 5.41) is 12.3. The molecule has 0 radical (unpaired) electrons. The molecule has 1 aromatic heterocycles. The second-order valence-electron chi connectivity index (χ2n) is 7.98. The lowest BCUT2D eigenvalue weighted by Crippen LogP contribution is -2.45. The summed E-state index contributed by atoms with van der Waals surface area (Å²) in [5.41, 5.74) is 1.76. The Labute approximate surface area is 169 Å². The average Bonchev–Trinajstić information content (AvgIpc) is 3.25. The van der Waals surface area contributed by atoms with Crippen LogP contribution in [-0.2, 0) is 16.0 Å². The largest absolute Gasteiger partial charge is 0.444 e. The fourth-order valence-corrected chi connectivity index (χ4v) is 3.80. The second-order valence-corrected chi connectivity index (χ2v) is 9.05. The molecule has 0 spiro atoms. The first kappa shape index (κ1) is 20.3. The molecule has 2 aromatic rings. The van der Waals surface area contributed by atoms with Crippen molar-refractivity contribution in [1.29, 1.82) is 0 Å². The van der Waals surface area contributed by atoms with Gasteiger partial charge < -0.3 is 4.74 Å². The fraction of sp³-hybridized carbons (Fsp3) is 0.500. The Morgan fingerprint density at radius 3 is 2.64 bits per heavy atom. The molecule has 1 saturated heterocycles. The minimum Gasteiger partial charge on any atom is -0.444 e. The molecule has 8 heteroatoms. The number of aryl methyl sites for hydroxylation is 1. The summed E-state index contributed by atoms with van der Waals surface area (Å²) in [6.07, 6.45) is 1.59. The third kappa shape index (κ3) is 5.28. The molecule has 0 saturated carbocycles. The lowest BCUT2D eigenvalue weighted by atomic mass is 10.1. The molecular weight excluding hydrogens is 376 g/mol. The van der Waals surface area contributed by atoms with Gasteiger partial charge in [0.2, 0.25) is 11.0 Å². The lowest BCUT2D eigenvalue weighted by molar-refractivity contribution is -0.120. The van der Waals surface area contributed by atoms with Crippen molar-refractivity contribution in [3.05, 3.63) is 40.4 Å². The molecule has 1 aromatic carbocycles. The van der Waals surface area contributed by atoms with Crippen LogP contribution in [-0.4, -0.2) is 45.3 Å². The van der Waals surface area contributed by atoms with Crippen LogP contribution in [0.25, 0.3) is 0 Å². The maximum absolute atomic E-state index is 12.7. The highest BCUT2D eigenvalue weighted by atomic mass is 32.1. The first-order chi connectivity index (χ1) is 13.2. The number of rotatable bonds is 4. The summed E-state index contributed by atoms with van der Waals surface area (Å²) in [4.78, 5) is 26.5. The highest BCUT2D eigenvalue weighted by molar-refractivity contribution is 7.15. The lowest BCUT2D eigenvalue weighted by Gasteiger charge is -2.27. The van der Waals surface area contributed by atoms with E-state index in [0.717, 1.165) is 17.0 Å². The Balaban J connectivity index is 1.60. The number of carbonyl (C=O) groups excluding carboxylic acids is 2. The van der Waals surface area contributed by atoms with E-state index in [1.54, 1.807) is 0 Å². The van der Waals surface area contributed by atoms with Gasteiger partial charge in [0, 0.05) is 13.0 Å². The number of hydrogen-bond acceptors (Lipinski definition) is 6. The zero-order chi connectivity index (χ0) is 20.3. The summed E-state index contributed by atoms with van der Waals surface area (Å²) in [5.74, 6) is -0.249. The van der Waals surface area contributed by atoms with E-state index in [4.69, 9.17) is 4.74 Å². The van der Waals surface area contributed by atoms with E-state index in [2.05, 4.69) is 39.8 Å². The van der Waals surface area contributed by atoms with Crippen molar-refractivity contribution in [2.45, 2.75) is 58.6 Å². The molecule has 3 rings (SSSR count). The predicted molar refractivity (Wildman–Crippen MR) is 108 cm³/mol. The summed E-state index contributed by atoms with van der Waals surface area (Å²) in [7, 11) is 0. The van der Waals surface area contributed by atoms with Crippen molar-refractivity contribution in [3.63, 3.8) is 0 Å². The van der Waals surface area contributed by atoms with Crippen LogP contribution in [0.3, 0.4) is 0 Å². The first-order valence-electron chi connectivity index (χ1n) is 9.40. The molecular formula is C20H26N4O3S. The van der Waals surface area contributed by atoms with Gasteiger partial charge in [-0.2, -0.15) is 0 Å². The summed E-state index contributed by atoms with van der Waals surface area (Å²) < 4.78 is 5.41. The van der Waals surface area contributed by atoms with Gasteiger partial charge in [0.05, 0.1) is 0 Å². The van der Waals surface area contributed by atoms with Crippen LogP contribution in [0.15, 0.2) is 24.3 Å². The Kier molecular flexibility index (Phi) is 5.98. The Morgan fingerprint density at radius 2 is 1.96 bits per heavy atom. The number of carbonyl (C=O) groups is 2. The number of amides is 2. The van der Waals surface area contributed by atoms with Gasteiger partial charge >= 0.3 is 6.09 Å². The van der Waals surface area contributed by atoms with Gasteiger partial charge in [-0.05, 0) is 46.1 Å². The van der Waals surface area contributed by atoms with E-state index in [0.29, 0.717) is 24.5 Å². The maximum Gasteiger partial charge on any atom is 0.410 e. The third-order valence-electron chi connectivity index (χ3n) is 4.36. The first-order valence-corrected chi connectivity index (χ1v) is 10.2. The van der Waals surface area contributed by atoms with E-state index < -0.39 is 17.7 Å². The Morgan fingerprint density at radius 1 is 1.25 bits per heavy atom. The van der Waals surface area contributed by atoms with Crippen molar-refractivity contribution >= 4 is 28.5 Å². The predicted octanol–water partition coefficient (Wildman–Crippen LogP) is 3.78. The SMILES string of the molecule is Cc1ccc(Cc2nnc(NC(=O)[C@@H]3CCCN3C(=O)OC(C)(C)C)s2)cc1. The summed E-state index contributed by atoms with van der Waals surface area (Å²) >= 11 is 1.35. The van der Waals surface area contributed by atoms with E-state index >= 15 is 0 Å². The van der Waals surface area contributed by atoms with Crippen molar-refractivity contribution < 1.29 is 14.3 Å². The number of aromatic nitrogens is 2. The van der Waals surface area contributed by atoms with Crippen molar-refractivity contribution in [2.24, 2.45) is 0 Å². The van der Waals surface area contributed by atoms with Crippen LogP contribution >= 0.6 is 11.3 Å². The van der Waals surface area contributed by atoms with Gasteiger partial charge in [-0.15, -0.1) is 10.2 Å². The van der Waals surface area contributed by atoms with Crippen LogP contribution in [0, 0.1) is 6.92 Å². The Hall–Kier alpha value is -2.48.